The Kier molecular flexibility index (Phi) is 18.3. The zero-order valence-electron chi connectivity index (χ0n) is 28.7. The van der Waals surface area contributed by atoms with Crippen molar-refractivity contribution < 1.29 is 14.6 Å². The summed E-state index contributed by atoms with van der Waals surface area (Å²) in [5, 5.41) is 11.5. The number of aliphatic hydroxyl groups is 1. The summed E-state index contributed by atoms with van der Waals surface area (Å²) in [6, 6.07) is 8.26. The first kappa shape index (κ1) is 40.3. The average molecular weight is 707 g/mol. The van der Waals surface area contributed by atoms with E-state index in [9.17, 15) is 4.79 Å². The third-order valence-electron chi connectivity index (χ3n) is 6.55. The second kappa shape index (κ2) is 20.4. The van der Waals surface area contributed by atoms with Crippen LogP contribution in [0.2, 0.25) is 5.02 Å². The van der Waals surface area contributed by atoms with Crippen molar-refractivity contribution in [2.45, 2.75) is 80.3 Å². The molecule has 1 saturated heterocycles. The fourth-order valence-electron chi connectivity index (χ4n) is 4.63. The van der Waals surface area contributed by atoms with E-state index in [1.165, 1.54) is 22.4 Å². The summed E-state index contributed by atoms with van der Waals surface area (Å²) in [5.74, 6) is 0.189. The third kappa shape index (κ3) is 12.9. The predicted molar refractivity (Wildman–Crippen MR) is 192 cm³/mol. The zero-order chi connectivity index (χ0) is 34.2. The van der Waals surface area contributed by atoms with Crippen LogP contribution in [0, 0.1) is 0 Å². The highest BCUT2D eigenvalue weighted by molar-refractivity contribution is 9.10. The maximum absolute atomic E-state index is 11.5. The largest absolute Gasteiger partial charge is 0.444 e. The number of halogens is 2. The van der Waals surface area contributed by atoms with Crippen molar-refractivity contribution in [1.29, 1.82) is 0 Å². The Morgan fingerprint density at radius 1 is 1.13 bits per heavy atom. The molecule has 45 heavy (non-hydrogen) atoms. The molecule has 0 radical (unpaired) electrons. The van der Waals surface area contributed by atoms with E-state index in [0.717, 1.165) is 53.4 Å². The lowest BCUT2D eigenvalue weighted by Crippen LogP contribution is -2.48. The van der Waals surface area contributed by atoms with E-state index in [-0.39, 0.29) is 24.2 Å². The highest BCUT2D eigenvalue weighted by atomic mass is 79.9. The van der Waals surface area contributed by atoms with E-state index in [1.807, 2.05) is 80.3 Å². The topological polar surface area (TPSA) is 92.5 Å². The lowest BCUT2D eigenvalue weighted by Gasteiger charge is -2.30. The molecule has 5 rings (SSSR count). The first-order chi connectivity index (χ1) is 21.4. The number of imidazole rings is 1. The van der Waals surface area contributed by atoms with Crippen LogP contribution >= 0.6 is 27.5 Å². The number of nitrogens with zero attached hydrogens (tertiary/aromatic N) is 4. The van der Waals surface area contributed by atoms with Gasteiger partial charge in [-0.05, 0) is 90.2 Å². The molecule has 0 bridgehead atoms. The van der Waals surface area contributed by atoms with Crippen molar-refractivity contribution in [3.8, 4) is 0 Å². The summed E-state index contributed by atoms with van der Waals surface area (Å²) < 4.78 is 8.29. The number of carbonyl (C=O) groups excluding carboxylic acids is 1. The van der Waals surface area contributed by atoms with E-state index in [1.54, 1.807) is 11.8 Å². The van der Waals surface area contributed by atoms with Crippen LogP contribution in [0.4, 0.5) is 4.79 Å². The minimum Gasteiger partial charge on any atom is -0.444 e. The van der Waals surface area contributed by atoms with Gasteiger partial charge >= 0.3 is 6.09 Å². The number of aromatic nitrogens is 3. The lowest BCUT2D eigenvalue weighted by atomic mass is 9.88. The Labute approximate surface area is 284 Å². The van der Waals surface area contributed by atoms with E-state index < -0.39 is 0 Å². The Morgan fingerprint density at radius 2 is 1.76 bits per heavy atom. The molecule has 2 N–H and O–H groups in total. The van der Waals surface area contributed by atoms with Gasteiger partial charge in [-0.1, -0.05) is 52.3 Å². The number of pyridine rings is 1. The second-order valence-electron chi connectivity index (χ2n) is 11.0. The van der Waals surface area contributed by atoms with Gasteiger partial charge < -0.3 is 24.6 Å². The summed E-state index contributed by atoms with van der Waals surface area (Å²) in [6.07, 6.45) is 8.47. The smallest absolute Gasteiger partial charge is 0.410 e. The van der Waals surface area contributed by atoms with Crippen LogP contribution in [0.1, 0.15) is 96.3 Å². The Morgan fingerprint density at radius 3 is 2.31 bits per heavy atom. The molecule has 2 aliphatic rings. The van der Waals surface area contributed by atoms with Gasteiger partial charge in [0.15, 0.2) is 0 Å². The normalized spacial score (nSPS) is 14.0. The van der Waals surface area contributed by atoms with Gasteiger partial charge in [-0.3, -0.25) is 4.98 Å². The van der Waals surface area contributed by atoms with Crippen LogP contribution in [-0.4, -0.2) is 69.0 Å². The number of rotatable bonds is 2. The summed E-state index contributed by atoms with van der Waals surface area (Å²) in [6.45, 7) is 21.0. The number of ether oxygens (including phenoxy) is 1. The number of carbonyl (C=O) groups is 1. The van der Waals surface area contributed by atoms with Gasteiger partial charge in [0.25, 0.3) is 0 Å². The molecule has 1 atom stereocenters. The van der Waals surface area contributed by atoms with Crippen molar-refractivity contribution >= 4 is 45.3 Å². The van der Waals surface area contributed by atoms with Crippen LogP contribution in [0.25, 0.3) is 11.6 Å². The van der Waals surface area contributed by atoms with E-state index >= 15 is 0 Å². The molecule has 1 fully saturated rings. The molecule has 250 valence electrons. The third-order valence-corrected chi connectivity index (χ3v) is 7.22. The minimum atomic E-state index is -0.387. The highest BCUT2D eigenvalue weighted by Gasteiger charge is 2.24. The molecular weight excluding hydrogens is 654 g/mol. The molecule has 3 aromatic rings. The van der Waals surface area contributed by atoms with E-state index in [2.05, 4.69) is 67.0 Å². The zero-order valence-corrected chi connectivity index (χ0v) is 31.1. The van der Waals surface area contributed by atoms with Crippen molar-refractivity contribution in [3.63, 3.8) is 0 Å². The van der Waals surface area contributed by atoms with Gasteiger partial charge in [0.05, 0.1) is 12.0 Å². The molecule has 3 heterocycles. The molecule has 1 unspecified atom stereocenters. The van der Waals surface area contributed by atoms with Crippen LogP contribution in [0.3, 0.4) is 0 Å². The number of fused-ring (bicyclic) bond motifs is 2. The monoisotopic (exact) mass is 705 g/mol. The van der Waals surface area contributed by atoms with Gasteiger partial charge in [-0.2, -0.15) is 0 Å². The Balaban J connectivity index is 0.000000428. The summed E-state index contributed by atoms with van der Waals surface area (Å²) in [7, 11) is 2.03. The maximum Gasteiger partial charge on any atom is 0.410 e. The molecule has 8 nitrogen and oxygen atoms in total. The summed E-state index contributed by atoms with van der Waals surface area (Å²) >= 11 is 9.87. The summed E-state index contributed by atoms with van der Waals surface area (Å²) in [5.41, 5.74) is 6.68. The number of amides is 1. The van der Waals surface area contributed by atoms with E-state index in [0.29, 0.717) is 0 Å². The first-order valence-electron chi connectivity index (χ1n) is 15.8. The van der Waals surface area contributed by atoms with Gasteiger partial charge in [-0.15, -0.1) is 0 Å². The number of piperazine rings is 1. The quantitative estimate of drug-likeness (QED) is 0.278. The fraction of sp³-hybridized carbons (Fsp3) is 0.514. The molecule has 0 spiro atoms. The molecule has 1 aliphatic heterocycles. The van der Waals surface area contributed by atoms with Gasteiger partial charge in [0, 0.05) is 79.8 Å². The number of hydrogen-bond donors (Lipinski definition) is 2. The number of benzene rings is 1. The number of hydrogen-bond acceptors (Lipinski definition) is 6. The van der Waals surface area contributed by atoms with Crippen molar-refractivity contribution in [2.75, 3.05) is 32.8 Å². The van der Waals surface area contributed by atoms with Crippen LogP contribution in [0.5, 0.6) is 0 Å². The minimum absolute atomic E-state index is 0.189. The summed E-state index contributed by atoms with van der Waals surface area (Å²) in [4.78, 5) is 22.1. The molecule has 1 amide bonds. The maximum atomic E-state index is 11.5. The molecule has 0 saturated carbocycles. The van der Waals surface area contributed by atoms with Crippen molar-refractivity contribution in [3.05, 3.63) is 80.6 Å². The number of nitrogens with one attached hydrogen (secondary N) is 1. The molecular formula is C35H53BrClN5O3. The molecule has 2 aromatic heterocycles. The van der Waals surface area contributed by atoms with Gasteiger partial charge in [0.2, 0.25) is 0 Å². The van der Waals surface area contributed by atoms with Crippen molar-refractivity contribution in [1.82, 2.24) is 24.8 Å². The SMILES string of the molecule is CC.CC.CC(C)(C)OC(=O)N1CCNCC1.CC(C1=Cc2cc(Br)cnc2Cc2ccc(Cl)cc21)c1cncn1C.CCO. The van der Waals surface area contributed by atoms with Crippen LogP contribution in [-0.2, 0) is 18.2 Å². The molecule has 10 heteroatoms. The Hall–Kier alpha value is -2.72. The fourth-order valence-corrected chi connectivity index (χ4v) is 5.15. The van der Waals surface area contributed by atoms with Gasteiger partial charge in [-0.25, -0.2) is 9.78 Å². The van der Waals surface area contributed by atoms with E-state index in [4.69, 9.17) is 21.4 Å². The average Bonchev–Trinajstić information content (AvgIpc) is 3.38. The highest BCUT2D eigenvalue weighted by Crippen LogP contribution is 2.39. The van der Waals surface area contributed by atoms with Crippen LogP contribution < -0.4 is 5.32 Å². The molecule has 1 aromatic carbocycles. The first-order valence-corrected chi connectivity index (χ1v) is 17.0. The standard InChI is InChI=1S/C20H17BrClN3.C9H18N2O2.C2H6O.2C2H6/c1-12(20-10-23-11-25(20)2)17-6-14-5-15(21)9-24-19(14)7-13-3-4-16(22)8-18(13)17;1-9(2,3)13-8(12)11-6-4-10-5-7-11;1-2-3;2*1-2/h3-6,8-12H,7H2,1-2H3;10H,4-7H2,1-3H3;3H,2H2,1H3;2*1-2H3. The van der Waals surface area contributed by atoms with Crippen molar-refractivity contribution in [2.24, 2.45) is 7.05 Å². The lowest BCUT2D eigenvalue weighted by molar-refractivity contribution is 0.0229. The number of aryl methyl sites for hydroxylation is 1. The number of allylic oxidation sites excluding steroid dienone is 1. The molecule has 1 aliphatic carbocycles. The number of aliphatic hydroxyl groups excluding tert-OH is 1. The van der Waals surface area contributed by atoms with Crippen LogP contribution in [0.15, 0.2) is 47.5 Å². The predicted octanol–water partition coefficient (Wildman–Crippen LogP) is 8.36. The second-order valence-corrected chi connectivity index (χ2v) is 12.3. The Bertz CT molecular complexity index is 1350. The van der Waals surface area contributed by atoms with Gasteiger partial charge in [0.1, 0.15) is 5.60 Å².